The highest BCUT2D eigenvalue weighted by atomic mass is 79.9. The van der Waals surface area contributed by atoms with E-state index in [4.69, 9.17) is 9.47 Å². The van der Waals surface area contributed by atoms with E-state index < -0.39 is 0 Å². The van der Waals surface area contributed by atoms with Crippen LogP contribution in [0.4, 0.5) is 15.8 Å². The van der Waals surface area contributed by atoms with Gasteiger partial charge in [0, 0.05) is 30.6 Å². The van der Waals surface area contributed by atoms with Crippen LogP contribution in [-0.2, 0) is 11.3 Å². The van der Waals surface area contributed by atoms with Crippen molar-refractivity contribution in [1.29, 1.82) is 0 Å². The molecule has 4 nitrogen and oxygen atoms in total. The van der Waals surface area contributed by atoms with Crippen molar-refractivity contribution in [2.75, 3.05) is 31.2 Å². The summed E-state index contributed by atoms with van der Waals surface area (Å²) in [7, 11) is 0. The topological polar surface area (TPSA) is 34.1 Å². The van der Waals surface area contributed by atoms with E-state index in [9.17, 15) is 4.39 Å². The second kappa shape index (κ2) is 10.4. The summed E-state index contributed by atoms with van der Waals surface area (Å²) in [6.07, 6.45) is 1.81. The van der Waals surface area contributed by atoms with Crippen LogP contribution >= 0.6 is 31.9 Å². The zero-order chi connectivity index (χ0) is 21.6. The number of aliphatic imine (C=N–C) groups is 1. The molecule has 1 aliphatic heterocycles. The van der Waals surface area contributed by atoms with Gasteiger partial charge in [0.05, 0.1) is 27.8 Å². The fourth-order valence-electron chi connectivity index (χ4n) is 3.28. The lowest BCUT2D eigenvalue weighted by Gasteiger charge is -2.28. The first-order valence-corrected chi connectivity index (χ1v) is 11.5. The molecule has 1 aliphatic rings. The number of hydrogen-bond donors (Lipinski definition) is 0. The van der Waals surface area contributed by atoms with Gasteiger partial charge >= 0.3 is 0 Å². The van der Waals surface area contributed by atoms with Crippen molar-refractivity contribution in [2.45, 2.75) is 6.61 Å². The first kappa shape index (κ1) is 22.0. The number of rotatable bonds is 6. The highest BCUT2D eigenvalue weighted by molar-refractivity contribution is 9.11. The minimum Gasteiger partial charge on any atom is -0.486 e. The van der Waals surface area contributed by atoms with E-state index >= 15 is 0 Å². The first-order chi connectivity index (χ1) is 15.1. The Morgan fingerprint density at radius 3 is 2.35 bits per heavy atom. The van der Waals surface area contributed by atoms with Crippen molar-refractivity contribution in [1.82, 2.24) is 0 Å². The summed E-state index contributed by atoms with van der Waals surface area (Å²) < 4.78 is 26.6. The monoisotopic (exact) mass is 546 g/mol. The average molecular weight is 548 g/mol. The lowest BCUT2D eigenvalue weighted by molar-refractivity contribution is 0.122. The molecule has 4 rings (SSSR count). The van der Waals surface area contributed by atoms with Gasteiger partial charge in [0.25, 0.3) is 0 Å². The van der Waals surface area contributed by atoms with Crippen molar-refractivity contribution in [2.24, 2.45) is 4.99 Å². The van der Waals surface area contributed by atoms with E-state index in [0.29, 0.717) is 11.3 Å². The van der Waals surface area contributed by atoms with Crippen LogP contribution < -0.4 is 9.64 Å². The van der Waals surface area contributed by atoms with Crippen LogP contribution in [-0.4, -0.2) is 32.5 Å². The molecule has 7 heteroatoms. The molecule has 0 amide bonds. The van der Waals surface area contributed by atoms with Gasteiger partial charge in [-0.3, -0.25) is 4.99 Å². The molecule has 0 N–H and O–H groups in total. The van der Waals surface area contributed by atoms with E-state index in [1.54, 1.807) is 24.4 Å². The molecule has 1 heterocycles. The Hall–Kier alpha value is -2.22. The standard InChI is InChI=1S/C24H21Br2FN2O2/c25-21-13-17(14-22(26)24(21)31-16-18-3-1-2-4-23(18)27)15-28-19-5-7-20(8-6-19)29-9-11-30-12-10-29/h1-8,13-15H,9-12,16H2. The van der Waals surface area contributed by atoms with Gasteiger partial charge in [0.2, 0.25) is 0 Å². The van der Waals surface area contributed by atoms with E-state index in [1.807, 2.05) is 24.3 Å². The second-order valence-corrected chi connectivity index (χ2v) is 8.78. The molecular weight excluding hydrogens is 527 g/mol. The molecule has 1 fully saturated rings. The van der Waals surface area contributed by atoms with Crippen LogP contribution in [0.2, 0.25) is 0 Å². The maximum atomic E-state index is 13.8. The molecule has 0 aromatic heterocycles. The maximum Gasteiger partial charge on any atom is 0.148 e. The van der Waals surface area contributed by atoms with Crippen LogP contribution in [0.15, 0.2) is 74.6 Å². The number of hydrogen-bond acceptors (Lipinski definition) is 4. The molecule has 0 aliphatic carbocycles. The number of benzene rings is 3. The lowest BCUT2D eigenvalue weighted by atomic mass is 10.2. The van der Waals surface area contributed by atoms with Crippen LogP contribution in [0.25, 0.3) is 0 Å². The van der Waals surface area contributed by atoms with Crippen LogP contribution in [0.3, 0.4) is 0 Å². The number of morpholine rings is 1. The Bertz CT molecular complexity index is 1040. The molecule has 160 valence electrons. The largest absolute Gasteiger partial charge is 0.486 e. The van der Waals surface area contributed by atoms with E-state index in [0.717, 1.165) is 46.5 Å². The van der Waals surface area contributed by atoms with Gasteiger partial charge in [0.15, 0.2) is 0 Å². The third kappa shape index (κ3) is 5.73. The van der Waals surface area contributed by atoms with Crippen molar-refractivity contribution in [3.8, 4) is 5.75 Å². The first-order valence-electron chi connectivity index (χ1n) is 9.92. The predicted molar refractivity (Wildman–Crippen MR) is 129 cm³/mol. The summed E-state index contributed by atoms with van der Waals surface area (Å²) in [4.78, 5) is 6.89. The Morgan fingerprint density at radius 1 is 1.00 bits per heavy atom. The van der Waals surface area contributed by atoms with Crippen molar-refractivity contribution >= 4 is 49.4 Å². The molecule has 0 bridgehead atoms. The molecule has 0 radical (unpaired) electrons. The van der Waals surface area contributed by atoms with Crippen LogP contribution in [0, 0.1) is 5.82 Å². The number of halogens is 3. The molecule has 0 spiro atoms. The summed E-state index contributed by atoms with van der Waals surface area (Å²) >= 11 is 7.09. The summed E-state index contributed by atoms with van der Waals surface area (Å²) in [5, 5.41) is 0. The number of nitrogens with zero attached hydrogens (tertiary/aromatic N) is 2. The highest BCUT2D eigenvalue weighted by Crippen LogP contribution is 2.35. The summed E-state index contributed by atoms with van der Waals surface area (Å²) in [5.74, 6) is 0.341. The second-order valence-electron chi connectivity index (χ2n) is 7.07. The van der Waals surface area contributed by atoms with Crippen molar-refractivity contribution in [3.63, 3.8) is 0 Å². The normalized spacial score (nSPS) is 14.2. The van der Waals surface area contributed by atoms with Crippen LogP contribution in [0.5, 0.6) is 5.75 Å². The lowest BCUT2D eigenvalue weighted by Crippen LogP contribution is -2.36. The quantitative estimate of drug-likeness (QED) is 0.329. The molecule has 1 saturated heterocycles. The number of ether oxygens (including phenoxy) is 2. The molecule has 0 unspecified atom stereocenters. The third-order valence-corrected chi connectivity index (χ3v) is 6.12. The van der Waals surface area contributed by atoms with Gasteiger partial charge in [-0.1, -0.05) is 18.2 Å². The van der Waals surface area contributed by atoms with E-state index in [1.165, 1.54) is 11.8 Å². The molecule has 31 heavy (non-hydrogen) atoms. The van der Waals surface area contributed by atoms with Crippen LogP contribution in [0.1, 0.15) is 11.1 Å². The Balaban J connectivity index is 1.43. The van der Waals surface area contributed by atoms with Gasteiger partial charge < -0.3 is 14.4 Å². The fourth-order valence-corrected chi connectivity index (χ4v) is 4.73. The Kier molecular flexibility index (Phi) is 7.37. The average Bonchev–Trinajstić information content (AvgIpc) is 2.79. The van der Waals surface area contributed by atoms with Crippen molar-refractivity contribution < 1.29 is 13.9 Å². The number of anilines is 1. The van der Waals surface area contributed by atoms with Gasteiger partial charge in [-0.05, 0) is 79.9 Å². The van der Waals surface area contributed by atoms with Gasteiger partial charge in [-0.2, -0.15) is 0 Å². The van der Waals surface area contributed by atoms with Gasteiger partial charge in [-0.25, -0.2) is 4.39 Å². The minimum atomic E-state index is -0.280. The maximum absolute atomic E-state index is 13.8. The molecular formula is C24H21Br2FN2O2. The van der Waals surface area contributed by atoms with Crippen molar-refractivity contribution in [3.05, 3.63) is 86.6 Å². The highest BCUT2D eigenvalue weighted by Gasteiger charge is 2.12. The van der Waals surface area contributed by atoms with Gasteiger partial charge in [-0.15, -0.1) is 0 Å². The zero-order valence-corrected chi connectivity index (χ0v) is 19.9. The molecule has 0 saturated carbocycles. The summed E-state index contributed by atoms with van der Waals surface area (Å²) in [6, 6.07) is 18.6. The zero-order valence-electron chi connectivity index (χ0n) is 16.7. The predicted octanol–water partition coefficient (Wildman–Crippen LogP) is 6.52. The van der Waals surface area contributed by atoms with Gasteiger partial charge in [0.1, 0.15) is 18.2 Å². The molecule has 0 atom stereocenters. The van der Waals surface area contributed by atoms with E-state index in [2.05, 4.69) is 53.9 Å². The Morgan fingerprint density at radius 2 is 1.68 bits per heavy atom. The third-order valence-electron chi connectivity index (χ3n) is 4.94. The molecule has 3 aromatic carbocycles. The summed E-state index contributed by atoms with van der Waals surface area (Å²) in [6.45, 7) is 3.51. The summed E-state index contributed by atoms with van der Waals surface area (Å²) in [5.41, 5.74) is 3.48. The van der Waals surface area contributed by atoms with E-state index in [-0.39, 0.29) is 12.4 Å². The SMILES string of the molecule is Fc1ccccc1COc1c(Br)cc(C=Nc2ccc(N3CCOCC3)cc2)cc1Br. The minimum absolute atomic E-state index is 0.146. The Labute approximate surface area is 198 Å². The smallest absolute Gasteiger partial charge is 0.148 e. The fraction of sp³-hybridized carbons (Fsp3) is 0.208. The molecule has 3 aromatic rings.